The first-order valence-corrected chi connectivity index (χ1v) is 6.21. The number of aromatic carboxylic acids is 1. The lowest BCUT2D eigenvalue weighted by Gasteiger charge is -2.02. The van der Waals surface area contributed by atoms with Crippen molar-refractivity contribution in [1.29, 1.82) is 0 Å². The van der Waals surface area contributed by atoms with Crippen molar-refractivity contribution in [2.24, 2.45) is 0 Å². The molecular formula is C15H13N3O2. The first-order chi connectivity index (χ1) is 9.54. The van der Waals surface area contributed by atoms with Crippen LogP contribution in [0.2, 0.25) is 0 Å². The van der Waals surface area contributed by atoms with E-state index < -0.39 is 5.97 Å². The van der Waals surface area contributed by atoms with Gasteiger partial charge in [-0.3, -0.25) is 0 Å². The van der Waals surface area contributed by atoms with Crippen LogP contribution in [-0.4, -0.2) is 25.7 Å². The quantitative estimate of drug-likeness (QED) is 0.775. The van der Waals surface area contributed by atoms with Crippen molar-refractivity contribution in [3.05, 3.63) is 53.3 Å². The molecule has 0 spiro atoms. The minimum atomic E-state index is -1.01. The number of aromatic nitrogens is 3. The summed E-state index contributed by atoms with van der Waals surface area (Å²) in [7, 11) is 0. The number of carbonyl (C=O) groups is 1. The standard InChI is InChI=1S/C15H13N3O2/c1-9-3-4-12(10(2)5-9)13-6-14-16-7-11(15(19)20)8-18(14)17-13/h3-8H,1-2H3,(H,19,20). The summed E-state index contributed by atoms with van der Waals surface area (Å²) in [5, 5.41) is 13.4. The number of hydrogen-bond donors (Lipinski definition) is 1. The highest BCUT2D eigenvalue weighted by molar-refractivity contribution is 5.87. The minimum Gasteiger partial charge on any atom is -0.478 e. The fraction of sp³-hybridized carbons (Fsp3) is 0.133. The lowest BCUT2D eigenvalue weighted by molar-refractivity contribution is 0.0695. The third-order valence-corrected chi connectivity index (χ3v) is 3.22. The largest absolute Gasteiger partial charge is 0.478 e. The Bertz CT molecular complexity index is 821. The van der Waals surface area contributed by atoms with Gasteiger partial charge in [0, 0.05) is 24.0 Å². The smallest absolute Gasteiger partial charge is 0.338 e. The van der Waals surface area contributed by atoms with Crippen LogP contribution >= 0.6 is 0 Å². The highest BCUT2D eigenvalue weighted by Crippen LogP contribution is 2.23. The van der Waals surface area contributed by atoms with E-state index in [0.29, 0.717) is 5.65 Å². The molecule has 2 heterocycles. The summed E-state index contributed by atoms with van der Waals surface area (Å²) < 4.78 is 1.50. The molecule has 100 valence electrons. The third kappa shape index (κ3) is 2.03. The van der Waals surface area contributed by atoms with E-state index in [1.807, 2.05) is 32.0 Å². The van der Waals surface area contributed by atoms with Crippen LogP contribution in [0.1, 0.15) is 21.5 Å². The zero-order valence-corrected chi connectivity index (χ0v) is 11.2. The van der Waals surface area contributed by atoms with Gasteiger partial charge in [-0.15, -0.1) is 0 Å². The number of nitrogens with zero attached hydrogens (tertiary/aromatic N) is 3. The van der Waals surface area contributed by atoms with Gasteiger partial charge in [-0.2, -0.15) is 5.10 Å². The summed E-state index contributed by atoms with van der Waals surface area (Å²) >= 11 is 0. The van der Waals surface area contributed by atoms with E-state index in [2.05, 4.69) is 16.1 Å². The first-order valence-electron chi connectivity index (χ1n) is 6.21. The van der Waals surface area contributed by atoms with E-state index in [-0.39, 0.29) is 5.56 Å². The maximum Gasteiger partial charge on any atom is 0.338 e. The van der Waals surface area contributed by atoms with Crippen LogP contribution in [-0.2, 0) is 0 Å². The van der Waals surface area contributed by atoms with Crippen molar-refractivity contribution in [2.75, 3.05) is 0 Å². The molecule has 1 N–H and O–H groups in total. The van der Waals surface area contributed by atoms with E-state index in [1.165, 1.54) is 22.5 Å². The predicted octanol–water partition coefficient (Wildman–Crippen LogP) is 2.71. The number of aryl methyl sites for hydroxylation is 2. The van der Waals surface area contributed by atoms with Crippen LogP contribution in [0.15, 0.2) is 36.7 Å². The number of benzene rings is 1. The van der Waals surface area contributed by atoms with E-state index in [9.17, 15) is 4.79 Å². The molecule has 5 nitrogen and oxygen atoms in total. The van der Waals surface area contributed by atoms with Crippen LogP contribution in [0.5, 0.6) is 0 Å². The summed E-state index contributed by atoms with van der Waals surface area (Å²) in [4.78, 5) is 15.0. The summed E-state index contributed by atoms with van der Waals surface area (Å²) in [5.74, 6) is -1.01. The maximum absolute atomic E-state index is 10.9. The van der Waals surface area contributed by atoms with Crippen LogP contribution < -0.4 is 0 Å². The number of carboxylic acid groups (broad SMARTS) is 1. The number of fused-ring (bicyclic) bond motifs is 1. The summed E-state index contributed by atoms with van der Waals surface area (Å²) in [6, 6.07) is 7.99. The van der Waals surface area contributed by atoms with Gasteiger partial charge in [0.1, 0.15) is 0 Å². The highest BCUT2D eigenvalue weighted by atomic mass is 16.4. The monoisotopic (exact) mass is 267 g/mol. The molecule has 5 heteroatoms. The van der Waals surface area contributed by atoms with Gasteiger partial charge in [0.25, 0.3) is 0 Å². The molecule has 1 aromatic carbocycles. The third-order valence-electron chi connectivity index (χ3n) is 3.22. The Balaban J connectivity index is 2.15. The molecule has 2 aromatic heterocycles. The van der Waals surface area contributed by atoms with Crippen molar-refractivity contribution in [2.45, 2.75) is 13.8 Å². The average Bonchev–Trinajstić information content (AvgIpc) is 2.80. The summed E-state index contributed by atoms with van der Waals surface area (Å²) in [6.45, 7) is 4.07. The molecular weight excluding hydrogens is 254 g/mol. The fourth-order valence-electron chi connectivity index (χ4n) is 2.22. The molecule has 3 rings (SSSR count). The Morgan fingerprint density at radius 2 is 2.05 bits per heavy atom. The van der Waals surface area contributed by atoms with E-state index in [1.54, 1.807) is 0 Å². The van der Waals surface area contributed by atoms with E-state index in [0.717, 1.165) is 16.8 Å². The second-order valence-electron chi connectivity index (χ2n) is 4.80. The number of hydrogen-bond acceptors (Lipinski definition) is 3. The van der Waals surface area contributed by atoms with Gasteiger partial charge in [-0.05, 0) is 19.4 Å². The van der Waals surface area contributed by atoms with Gasteiger partial charge in [0.05, 0.1) is 11.3 Å². The SMILES string of the molecule is Cc1ccc(-c2cc3ncc(C(=O)O)cn3n2)c(C)c1. The van der Waals surface area contributed by atoms with Crippen molar-refractivity contribution in [3.63, 3.8) is 0 Å². The molecule has 0 saturated heterocycles. The molecule has 0 atom stereocenters. The second-order valence-corrected chi connectivity index (χ2v) is 4.80. The van der Waals surface area contributed by atoms with Gasteiger partial charge >= 0.3 is 5.97 Å². The lowest BCUT2D eigenvalue weighted by Crippen LogP contribution is -2.01. The Morgan fingerprint density at radius 1 is 1.25 bits per heavy atom. The Morgan fingerprint density at radius 3 is 2.75 bits per heavy atom. The van der Waals surface area contributed by atoms with Gasteiger partial charge in [0.15, 0.2) is 5.65 Å². The number of carboxylic acids is 1. The number of rotatable bonds is 2. The van der Waals surface area contributed by atoms with Crippen LogP contribution in [0.4, 0.5) is 0 Å². The molecule has 3 aromatic rings. The predicted molar refractivity (Wildman–Crippen MR) is 74.9 cm³/mol. The van der Waals surface area contributed by atoms with Gasteiger partial charge in [-0.1, -0.05) is 23.8 Å². The molecule has 0 aliphatic carbocycles. The molecule has 0 aliphatic rings. The summed E-state index contributed by atoms with van der Waals surface area (Å²) in [5.41, 5.74) is 4.89. The van der Waals surface area contributed by atoms with E-state index in [4.69, 9.17) is 5.11 Å². The minimum absolute atomic E-state index is 0.118. The molecule has 0 radical (unpaired) electrons. The van der Waals surface area contributed by atoms with Gasteiger partial charge in [0.2, 0.25) is 0 Å². The summed E-state index contributed by atoms with van der Waals surface area (Å²) in [6.07, 6.45) is 2.81. The van der Waals surface area contributed by atoms with E-state index >= 15 is 0 Å². The van der Waals surface area contributed by atoms with Crippen molar-refractivity contribution in [1.82, 2.24) is 14.6 Å². The normalized spacial score (nSPS) is 10.9. The molecule has 0 bridgehead atoms. The maximum atomic E-state index is 10.9. The van der Waals surface area contributed by atoms with Crippen molar-refractivity contribution >= 4 is 11.6 Å². The van der Waals surface area contributed by atoms with Gasteiger partial charge < -0.3 is 5.11 Å². The molecule has 0 saturated carbocycles. The van der Waals surface area contributed by atoms with Crippen LogP contribution in [0.3, 0.4) is 0 Å². The fourth-order valence-corrected chi connectivity index (χ4v) is 2.22. The molecule has 0 aliphatic heterocycles. The van der Waals surface area contributed by atoms with Crippen LogP contribution in [0.25, 0.3) is 16.9 Å². The Labute approximate surface area is 115 Å². The molecule has 0 unspecified atom stereocenters. The Hall–Kier alpha value is -2.69. The molecule has 0 fully saturated rings. The highest BCUT2D eigenvalue weighted by Gasteiger charge is 2.10. The molecule has 0 amide bonds. The Kier molecular flexibility index (Phi) is 2.75. The van der Waals surface area contributed by atoms with Crippen LogP contribution in [0, 0.1) is 13.8 Å². The average molecular weight is 267 g/mol. The lowest BCUT2D eigenvalue weighted by atomic mass is 10.0. The zero-order valence-electron chi connectivity index (χ0n) is 11.2. The zero-order chi connectivity index (χ0) is 14.3. The van der Waals surface area contributed by atoms with Crippen molar-refractivity contribution < 1.29 is 9.90 Å². The molecule has 20 heavy (non-hydrogen) atoms. The topological polar surface area (TPSA) is 67.5 Å². The first kappa shape index (κ1) is 12.3. The second kappa shape index (κ2) is 4.45. The van der Waals surface area contributed by atoms with Crippen molar-refractivity contribution in [3.8, 4) is 11.3 Å². The van der Waals surface area contributed by atoms with Gasteiger partial charge in [-0.25, -0.2) is 14.3 Å².